The summed E-state index contributed by atoms with van der Waals surface area (Å²) in [6, 6.07) is 16.4. The van der Waals surface area contributed by atoms with Crippen molar-refractivity contribution < 1.29 is 14.9 Å². The lowest BCUT2D eigenvalue weighted by Gasteiger charge is -2.26. The van der Waals surface area contributed by atoms with E-state index in [0.717, 1.165) is 34.8 Å². The van der Waals surface area contributed by atoms with E-state index in [0.29, 0.717) is 19.4 Å². The maximum absolute atomic E-state index is 9.47. The van der Waals surface area contributed by atoms with Gasteiger partial charge in [-0.1, -0.05) is 48.0 Å². The van der Waals surface area contributed by atoms with Crippen LogP contribution in [0, 0.1) is 0 Å². The Kier molecular flexibility index (Phi) is 10.4. The van der Waals surface area contributed by atoms with Gasteiger partial charge in [0.15, 0.2) is 0 Å². The van der Waals surface area contributed by atoms with Gasteiger partial charge in [-0.25, -0.2) is 0 Å². The van der Waals surface area contributed by atoms with Crippen LogP contribution >= 0.6 is 34.9 Å². The highest BCUT2D eigenvalue weighted by Crippen LogP contribution is 2.45. The van der Waals surface area contributed by atoms with E-state index in [1.54, 1.807) is 0 Å². The Labute approximate surface area is 198 Å². The summed E-state index contributed by atoms with van der Waals surface area (Å²) in [6.45, 7) is 0.415. The normalized spacial score (nSPS) is 18.2. The summed E-state index contributed by atoms with van der Waals surface area (Å²) in [6.07, 6.45) is 4.67. The zero-order valence-electron chi connectivity index (χ0n) is 17.4. The van der Waals surface area contributed by atoms with E-state index < -0.39 is 16.4 Å². The Morgan fingerprint density at radius 2 is 1.84 bits per heavy atom. The quantitative estimate of drug-likeness (QED) is 0.335. The summed E-state index contributed by atoms with van der Waals surface area (Å²) in [5.74, 6) is 0.900. The molecule has 1 aliphatic heterocycles. The molecule has 0 bridgehead atoms. The predicted molar refractivity (Wildman–Crippen MR) is 133 cm³/mol. The molecule has 2 aromatic carbocycles. The molecule has 2 unspecified atom stereocenters. The van der Waals surface area contributed by atoms with Crippen LogP contribution in [0.3, 0.4) is 0 Å². The number of aliphatic hydroxyl groups excluding tert-OH is 2. The monoisotopic (exact) mass is 483 g/mol. The van der Waals surface area contributed by atoms with Crippen molar-refractivity contribution in [1.29, 1.82) is 0 Å². The fourth-order valence-electron chi connectivity index (χ4n) is 3.40. The highest BCUT2D eigenvalue weighted by Gasteiger charge is 2.23. The Balaban J connectivity index is 0.00000341. The summed E-state index contributed by atoms with van der Waals surface area (Å²) in [7, 11) is -0.560. The van der Waals surface area contributed by atoms with Crippen molar-refractivity contribution in [2.24, 2.45) is 5.73 Å². The van der Waals surface area contributed by atoms with Gasteiger partial charge in [0.1, 0.15) is 12.4 Å². The van der Waals surface area contributed by atoms with E-state index in [4.69, 9.17) is 27.2 Å². The molecule has 0 saturated heterocycles. The van der Waals surface area contributed by atoms with Gasteiger partial charge in [-0.15, -0.1) is 12.4 Å². The Morgan fingerprint density at radius 1 is 1.06 bits per heavy atom. The van der Waals surface area contributed by atoms with Crippen LogP contribution in [0.4, 0.5) is 0 Å². The summed E-state index contributed by atoms with van der Waals surface area (Å²) in [5, 5.41) is 23.7. The zero-order chi connectivity index (χ0) is 21.4. The van der Waals surface area contributed by atoms with Gasteiger partial charge in [-0.05, 0) is 65.3 Å². The lowest BCUT2D eigenvalue weighted by Crippen LogP contribution is -2.44. The molecule has 7 heteroatoms. The van der Waals surface area contributed by atoms with Crippen molar-refractivity contribution in [3.63, 3.8) is 0 Å². The number of hydrogen-bond donors (Lipinski definition) is 4. The van der Waals surface area contributed by atoms with Crippen molar-refractivity contribution >= 4 is 34.9 Å². The number of aryl methyl sites for hydroxylation is 1. The molecule has 0 aliphatic carbocycles. The number of benzene rings is 2. The molecule has 170 valence electrons. The molecule has 0 saturated carbocycles. The molecule has 0 amide bonds. The fourth-order valence-corrected chi connectivity index (χ4v) is 5.43. The average Bonchev–Trinajstić information content (AvgIpc) is 3.23. The van der Waals surface area contributed by atoms with Gasteiger partial charge in [0.25, 0.3) is 0 Å². The second-order valence-electron chi connectivity index (χ2n) is 7.65. The molecule has 0 radical (unpaired) electrons. The lowest BCUT2D eigenvalue weighted by molar-refractivity contribution is 0.147. The molecule has 0 spiro atoms. The number of ether oxygens (including phenoxy) is 1. The molecular formula is C24H31Cl2NO3S. The first-order valence-electron chi connectivity index (χ1n) is 10.2. The number of rotatable bonds is 11. The van der Waals surface area contributed by atoms with Crippen LogP contribution < -0.4 is 5.73 Å². The van der Waals surface area contributed by atoms with Gasteiger partial charge in [0.2, 0.25) is 0 Å². The Bertz CT molecular complexity index is 892. The summed E-state index contributed by atoms with van der Waals surface area (Å²) < 4.78 is 5.92. The molecule has 31 heavy (non-hydrogen) atoms. The molecule has 2 aromatic rings. The minimum Gasteiger partial charge on any atom is -0.488 e. The first-order chi connectivity index (χ1) is 14.5. The van der Waals surface area contributed by atoms with Crippen LogP contribution in [-0.4, -0.2) is 29.0 Å². The minimum atomic E-state index is -0.722. The molecule has 1 aliphatic rings. The third kappa shape index (κ3) is 7.56. The third-order valence-electron chi connectivity index (χ3n) is 5.29. The molecule has 2 atom stereocenters. The molecule has 1 heterocycles. The van der Waals surface area contributed by atoms with Crippen LogP contribution in [0.1, 0.15) is 30.4 Å². The maximum Gasteiger partial charge on any atom is 0.125 e. The van der Waals surface area contributed by atoms with Gasteiger partial charge in [-0.2, -0.15) is 10.9 Å². The first-order valence-corrected chi connectivity index (χ1v) is 12.0. The number of thiol groups is 1. The van der Waals surface area contributed by atoms with Gasteiger partial charge in [0.05, 0.1) is 6.61 Å². The van der Waals surface area contributed by atoms with E-state index in [-0.39, 0.29) is 25.6 Å². The smallest absolute Gasteiger partial charge is 0.125 e. The van der Waals surface area contributed by atoms with Crippen LogP contribution in [0.25, 0.3) is 0 Å². The van der Waals surface area contributed by atoms with Crippen molar-refractivity contribution in [2.75, 3.05) is 13.2 Å². The van der Waals surface area contributed by atoms with Crippen molar-refractivity contribution in [3.8, 4) is 0 Å². The van der Waals surface area contributed by atoms with E-state index in [2.05, 4.69) is 35.1 Å². The van der Waals surface area contributed by atoms with E-state index >= 15 is 0 Å². The highest BCUT2D eigenvalue weighted by atomic mass is 35.5. The van der Waals surface area contributed by atoms with Crippen LogP contribution in [-0.2, 0) is 17.8 Å². The second-order valence-corrected chi connectivity index (χ2v) is 9.95. The van der Waals surface area contributed by atoms with Gasteiger partial charge in [0, 0.05) is 22.6 Å². The lowest BCUT2D eigenvalue weighted by atomic mass is 9.90. The minimum absolute atomic E-state index is 0. The number of halogens is 2. The van der Waals surface area contributed by atoms with Crippen LogP contribution in [0.2, 0.25) is 5.02 Å². The van der Waals surface area contributed by atoms with E-state index in [9.17, 15) is 5.11 Å². The zero-order valence-corrected chi connectivity index (χ0v) is 19.9. The summed E-state index contributed by atoms with van der Waals surface area (Å²) in [4.78, 5) is 1.19. The summed E-state index contributed by atoms with van der Waals surface area (Å²) in [5.41, 5.74) is 7.63. The summed E-state index contributed by atoms with van der Waals surface area (Å²) >= 11 is 6.54. The Morgan fingerprint density at radius 3 is 2.52 bits per heavy atom. The van der Waals surface area contributed by atoms with Gasteiger partial charge < -0.3 is 20.7 Å². The largest absolute Gasteiger partial charge is 0.488 e. The maximum atomic E-state index is 9.47. The molecular weight excluding hydrogens is 453 g/mol. The fraction of sp³-hybridized carbons (Fsp3) is 0.333. The predicted octanol–water partition coefficient (Wildman–Crippen LogP) is 5.10. The first kappa shape index (κ1) is 25.8. The van der Waals surface area contributed by atoms with Crippen LogP contribution in [0.15, 0.2) is 76.1 Å². The molecule has 4 nitrogen and oxygen atoms in total. The van der Waals surface area contributed by atoms with Crippen molar-refractivity contribution in [2.45, 2.75) is 42.7 Å². The molecule has 0 aromatic heterocycles. The average molecular weight is 484 g/mol. The van der Waals surface area contributed by atoms with Crippen molar-refractivity contribution in [1.82, 2.24) is 0 Å². The van der Waals surface area contributed by atoms with Gasteiger partial charge in [-0.3, -0.25) is 0 Å². The standard InChI is InChI=1S/C24H30ClNO3S.ClH/c25-23-15-22(9-8-20(23)7-4-11-24(26,18-28)12-13-27)30-14-10-21(17-30)29-16-19-5-2-1-3-6-19;/h1-3,5-6,8-10,14-15,17,27-28,30H,4,7,11-13,16,18,26H2;1H. The third-order valence-corrected chi connectivity index (χ3v) is 7.52. The molecule has 3 rings (SSSR count). The van der Waals surface area contributed by atoms with Gasteiger partial charge >= 0.3 is 0 Å². The number of nitrogens with two attached hydrogens (primary N) is 1. The molecule has 0 fully saturated rings. The SMILES string of the molecule is Cl.NC(CO)(CCO)CCCc1ccc([SH]2C=CC(OCc3ccccc3)=C2)cc1Cl. The number of aliphatic hydroxyl groups is 2. The van der Waals surface area contributed by atoms with Crippen LogP contribution in [0.5, 0.6) is 0 Å². The highest BCUT2D eigenvalue weighted by molar-refractivity contribution is 8.22. The van der Waals surface area contributed by atoms with E-state index in [1.807, 2.05) is 30.3 Å². The Hall–Kier alpha value is -1.47. The topological polar surface area (TPSA) is 75.7 Å². The molecule has 4 N–H and O–H groups in total. The van der Waals surface area contributed by atoms with Crippen molar-refractivity contribution in [3.05, 3.63) is 87.3 Å². The number of allylic oxidation sites excluding steroid dienone is 1. The number of hydrogen-bond acceptors (Lipinski definition) is 4. The second kappa shape index (κ2) is 12.5. The van der Waals surface area contributed by atoms with E-state index in [1.165, 1.54) is 4.90 Å².